The van der Waals surface area contributed by atoms with Gasteiger partial charge in [-0.25, -0.2) is 0 Å². The topological polar surface area (TPSA) is 40.7 Å². The summed E-state index contributed by atoms with van der Waals surface area (Å²) in [5.74, 6) is 0. The Morgan fingerprint density at radius 2 is 2.23 bits per heavy atom. The molecule has 0 amide bonds. The molecule has 0 unspecified atom stereocenters. The first-order chi connectivity index (χ1) is 6.05. The normalized spacial score (nSPS) is 12.0. The van der Waals surface area contributed by atoms with Gasteiger partial charge in [0.2, 0.25) is 0 Å². The zero-order chi connectivity index (χ0) is 9.90. The van der Waals surface area contributed by atoms with E-state index in [1.54, 1.807) is 7.05 Å². The molecule has 0 spiro atoms. The molecule has 0 aliphatic carbocycles. The minimum atomic E-state index is -4.33. The van der Waals surface area contributed by atoms with Crippen molar-refractivity contribution in [2.24, 2.45) is 0 Å². The van der Waals surface area contributed by atoms with Crippen LogP contribution < -0.4 is 5.32 Å². The fourth-order valence-corrected chi connectivity index (χ4v) is 1.01. The van der Waals surface area contributed by atoms with Crippen molar-refractivity contribution in [3.8, 4) is 0 Å². The summed E-state index contributed by atoms with van der Waals surface area (Å²) in [6.07, 6.45) is -2.80. The van der Waals surface area contributed by atoms with Gasteiger partial charge in [0, 0.05) is 5.56 Å². The third-order valence-corrected chi connectivity index (χ3v) is 1.65. The van der Waals surface area contributed by atoms with Crippen LogP contribution in [0.4, 0.5) is 13.2 Å². The molecule has 74 valence electrons. The highest BCUT2D eigenvalue weighted by molar-refractivity contribution is 5.19. The van der Waals surface area contributed by atoms with Gasteiger partial charge in [-0.3, -0.25) is 5.10 Å². The van der Waals surface area contributed by atoms with Crippen molar-refractivity contribution in [2.45, 2.75) is 12.6 Å². The highest BCUT2D eigenvalue weighted by Crippen LogP contribution is 2.29. The van der Waals surface area contributed by atoms with Crippen LogP contribution in [0.15, 0.2) is 6.20 Å². The molecule has 0 radical (unpaired) electrons. The summed E-state index contributed by atoms with van der Waals surface area (Å²) in [6.45, 7) is 0.503. The predicted octanol–water partition coefficient (Wildman–Crippen LogP) is 1.19. The Morgan fingerprint density at radius 1 is 1.54 bits per heavy atom. The van der Waals surface area contributed by atoms with Crippen LogP contribution in [-0.4, -0.2) is 23.8 Å². The molecule has 0 aromatic carbocycles. The molecule has 1 rings (SSSR count). The zero-order valence-electron chi connectivity index (χ0n) is 7.07. The summed E-state index contributed by atoms with van der Waals surface area (Å²) in [4.78, 5) is 0. The summed E-state index contributed by atoms with van der Waals surface area (Å²) < 4.78 is 36.7. The van der Waals surface area contributed by atoms with Gasteiger partial charge in [-0.1, -0.05) is 0 Å². The van der Waals surface area contributed by atoms with Crippen LogP contribution in [0.2, 0.25) is 0 Å². The Bertz CT molecular complexity index is 266. The molecule has 1 aromatic rings. The van der Waals surface area contributed by atoms with Crippen LogP contribution in [-0.2, 0) is 12.6 Å². The first-order valence-corrected chi connectivity index (χ1v) is 3.79. The summed E-state index contributed by atoms with van der Waals surface area (Å²) in [5, 5.41) is 8.10. The number of likely N-dealkylation sites (N-methyl/N-ethyl adjacent to an activating group) is 1. The standard InChI is InChI=1S/C7H10F3N3/c1-11-3-2-5-4-12-13-6(5)7(8,9)10/h4,11H,2-3H2,1H3,(H,12,13). The number of nitrogens with one attached hydrogen (secondary N) is 2. The van der Waals surface area contributed by atoms with Crippen LogP contribution >= 0.6 is 0 Å². The lowest BCUT2D eigenvalue weighted by atomic mass is 10.2. The number of hydrogen-bond acceptors (Lipinski definition) is 2. The lowest BCUT2D eigenvalue weighted by Crippen LogP contribution is -2.14. The largest absolute Gasteiger partial charge is 0.433 e. The van der Waals surface area contributed by atoms with Crippen LogP contribution in [0, 0.1) is 0 Å². The maximum atomic E-state index is 12.2. The van der Waals surface area contributed by atoms with Crippen LogP contribution in [0.3, 0.4) is 0 Å². The van der Waals surface area contributed by atoms with Crippen molar-refractivity contribution in [2.75, 3.05) is 13.6 Å². The van der Waals surface area contributed by atoms with Crippen LogP contribution in [0.5, 0.6) is 0 Å². The molecule has 6 heteroatoms. The van der Waals surface area contributed by atoms with Gasteiger partial charge in [-0.15, -0.1) is 0 Å². The maximum absolute atomic E-state index is 12.2. The van der Waals surface area contributed by atoms with E-state index in [9.17, 15) is 13.2 Å². The quantitative estimate of drug-likeness (QED) is 0.757. The molecular weight excluding hydrogens is 183 g/mol. The van der Waals surface area contributed by atoms with Gasteiger partial charge in [-0.05, 0) is 20.0 Å². The fourth-order valence-electron chi connectivity index (χ4n) is 1.01. The van der Waals surface area contributed by atoms with Gasteiger partial charge >= 0.3 is 6.18 Å². The van der Waals surface area contributed by atoms with E-state index < -0.39 is 11.9 Å². The number of nitrogens with zero attached hydrogens (tertiary/aromatic N) is 1. The van der Waals surface area contributed by atoms with Crippen molar-refractivity contribution in [1.82, 2.24) is 15.5 Å². The first kappa shape index (κ1) is 10.0. The summed E-state index contributed by atoms with van der Waals surface area (Å²) >= 11 is 0. The third kappa shape index (κ3) is 2.45. The van der Waals surface area contributed by atoms with E-state index in [1.807, 2.05) is 5.10 Å². The average molecular weight is 193 g/mol. The number of aromatic amines is 1. The minimum absolute atomic E-state index is 0.196. The number of rotatable bonds is 3. The maximum Gasteiger partial charge on any atom is 0.433 e. The van der Waals surface area contributed by atoms with Gasteiger partial charge < -0.3 is 5.32 Å². The lowest BCUT2D eigenvalue weighted by molar-refractivity contribution is -0.141. The second-order valence-corrected chi connectivity index (χ2v) is 2.62. The van der Waals surface area contributed by atoms with Crippen molar-refractivity contribution in [3.63, 3.8) is 0 Å². The number of halogens is 3. The van der Waals surface area contributed by atoms with Crippen molar-refractivity contribution >= 4 is 0 Å². The van der Waals surface area contributed by atoms with E-state index in [1.165, 1.54) is 6.20 Å². The monoisotopic (exact) mass is 193 g/mol. The zero-order valence-corrected chi connectivity index (χ0v) is 7.07. The fraction of sp³-hybridized carbons (Fsp3) is 0.571. The molecule has 0 aliphatic heterocycles. The molecular formula is C7H10F3N3. The Kier molecular flexibility index (Phi) is 2.92. The molecule has 0 saturated heterocycles. The molecule has 0 aliphatic rings. The van der Waals surface area contributed by atoms with Crippen molar-refractivity contribution in [3.05, 3.63) is 17.5 Å². The van der Waals surface area contributed by atoms with E-state index in [2.05, 4.69) is 10.4 Å². The minimum Gasteiger partial charge on any atom is -0.319 e. The third-order valence-electron chi connectivity index (χ3n) is 1.65. The molecule has 3 nitrogen and oxygen atoms in total. The SMILES string of the molecule is CNCCc1cn[nH]c1C(F)(F)F. The molecule has 0 atom stereocenters. The lowest BCUT2D eigenvalue weighted by Gasteiger charge is -2.05. The molecule has 0 fully saturated rings. The molecule has 1 heterocycles. The van der Waals surface area contributed by atoms with E-state index >= 15 is 0 Å². The van der Waals surface area contributed by atoms with Gasteiger partial charge in [-0.2, -0.15) is 18.3 Å². The number of hydrogen-bond donors (Lipinski definition) is 2. The smallest absolute Gasteiger partial charge is 0.319 e. The summed E-state index contributed by atoms with van der Waals surface area (Å²) in [6, 6.07) is 0. The molecule has 13 heavy (non-hydrogen) atoms. The Hall–Kier alpha value is -1.04. The van der Waals surface area contributed by atoms with E-state index in [-0.39, 0.29) is 5.56 Å². The summed E-state index contributed by atoms with van der Waals surface area (Å²) in [5.41, 5.74) is -0.551. The second-order valence-electron chi connectivity index (χ2n) is 2.62. The van der Waals surface area contributed by atoms with Crippen molar-refractivity contribution < 1.29 is 13.2 Å². The highest BCUT2D eigenvalue weighted by atomic mass is 19.4. The number of alkyl halides is 3. The predicted molar refractivity (Wildman–Crippen MR) is 41.2 cm³/mol. The molecule has 0 saturated carbocycles. The van der Waals surface area contributed by atoms with Crippen LogP contribution in [0.25, 0.3) is 0 Å². The van der Waals surface area contributed by atoms with E-state index in [0.717, 1.165) is 0 Å². The van der Waals surface area contributed by atoms with Gasteiger partial charge in [0.05, 0.1) is 6.20 Å². The average Bonchev–Trinajstić information content (AvgIpc) is 2.47. The number of H-pyrrole nitrogens is 1. The van der Waals surface area contributed by atoms with E-state index in [0.29, 0.717) is 13.0 Å². The molecule has 0 bridgehead atoms. The Morgan fingerprint density at radius 3 is 2.77 bits per heavy atom. The number of aromatic nitrogens is 2. The first-order valence-electron chi connectivity index (χ1n) is 3.79. The Labute approximate surface area is 73.3 Å². The van der Waals surface area contributed by atoms with Gasteiger partial charge in [0.25, 0.3) is 0 Å². The molecule has 2 N–H and O–H groups in total. The van der Waals surface area contributed by atoms with Crippen molar-refractivity contribution in [1.29, 1.82) is 0 Å². The van der Waals surface area contributed by atoms with Crippen LogP contribution in [0.1, 0.15) is 11.3 Å². The van der Waals surface area contributed by atoms with Gasteiger partial charge in [0.15, 0.2) is 0 Å². The Balaban J connectivity index is 2.77. The van der Waals surface area contributed by atoms with E-state index in [4.69, 9.17) is 0 Å². The summed E-state index contributed by atoms with van der Waals surface area (Å²) in [7, 11) is 1.69. The highest BCUT2D eigenvalue weighted by Gasteiger charge is 2.35. The molecule has 1 aromatic heterocycles. The second kappa shape index (κ2) is 3.78. The van der Waals surface area contributed by atoms with Gasteiger partial charge in [0.1, 0.15) is 5.69 Å².